The first-order valence-corrected chi connectivity index (χ1v) is 5.99. The van der Waals surface area contributed by atoms with E-state index in [1.165, 1.54) is 13.1 Å². The van der Waals surface area contributed by atoms with Crippen molar-refractivity contribution in [2.75, 3.05) is 19.6 Å². The highest BCUT2D eigenvalue weighted by atomic mass is 15.2. The summed E-state index contributed by atoms with van der Waals surface area (Å²) in [6, 6.07) is 1.41. The molecule has 2 nitrogen and oxygen atoms in total. The standard InChI is InChI=1S/C12H26N2/c1-9(2)11(5)14-7-6-13-12(8-14)10(3)4/h9-13H,6-8H2,1-5H3. The Kier molecular flexibility index (Phi) is 4.39. The van der Waals surface area contributed by atoms with E-state index in [2.05, 4.69) is 44.8 Å². The number of rotatable bonds is 3. The predicted molar refractivity (Wildman–Crippen MR) is 62.5 cm³/mol. The van der Waals surface area contributed by atoms with Crippen LogP contribution in [0.4, 0.5) is 0 Å². The highest BCUT2D eigenvalue weighted by Crippen LogP contribution is 2.15. The molecule has 1 aliphatic rings. The molecule has 0 aliphatic carbocycles. The average molecular weight is 198 g/mol. The lowest BCUT2D eigenvalue weighted by atomic mass is 9.98. The van der Waals surface area contributed by atoms with Crippen molar-refractivity contribution in [3.8, 4) is 0 Å². The summed E-state index contributed by atoms with van der Waals surface area (Å²) in [5.74, 6) is 1.51. The van der Waals surface area contributed by atoms with Gasteiger partial charge < -0.3 is 5.32 Å². The van der Waals surface area contributed by atoms with Crippen LogP contribution in [0.15, 0.2) is 0 Å². The maximum absolute atomic E-state index is 3.60. The Balaban J connectivity index is 2.47. The molecule has 2 atom stereocenters. The largest absolute Gasteiger partial charge is 0.311 e. The summed E-state index contributed by atoms with van der Waals surface area (Å²) < 4.78 is 0. The van der Waals surface area contributed by atoms with Crippen LogP contribution in [-0.2, 0) is 0 Å². The number of nitrogens with one attached hydrogen (secondary N) is 1. The van der Waals surface area contributed by atoms with Gasteiger partial charge in [0, 0.05) is 31.7 Å². The van der Waals surface area contributed by atoms with E-state index < -0.39 is 0 Å². The summed E-state index contributed by atoms with van der Waals surface area (Å²) in [4.78, 5) is 2.63. The molecule has 1 aliphatic heterocycles. The molecule has 0 amide bonds. The molecule has 1 rings (SSSR count). The van der Waals surface area contributed by atoms with Gasteiger partial charge in [-0.1, -0.05) is 27.7 Å². The van der Waals surface area contributed by atoms with Gasteiger partial charge in [0.25, 0.3) is 0 Å². The molecular weight excluding hydrogens is 172 g/mol. The summed E-state index contributed by atoms with van der Waals surface area (Å²) in [6.45, 7) is 15.2. The topological polar surface area (TPSA) is 15.3 Å². The Bertz CT molecular complexity index is 160. The summed E-state index contributed by atoms with van der Waals surface area (Å²) >= 11 is 0. The SMILES string of the molecule is CC(C)C1CN(C(C)C(C)C)CCN1. The molecule has 0 aromatic carbocycles. The predicted octanol–water partition coefficient (Wildman–Crippen LogP) is 1.96. The minimum Gasteiger partial charge on any atom is -0.311 e. The molecule has 2 unspecified atom stereocenters. The Morgan fingerprint density at radius 3 is 2.29 bits per heavy atom. The Morgan fingerprint density at radius 2 is 1.79 bits per heavy atom. The molecule has 0 aromatic heterocycles. The molecule has 84 valence electrons. The van der Waals surface area contributed by atoms with Crippen molar-refractivity contribution in [1.82, 2.24) is 10.2 Å². The molecular formula is C12H26N2. The lowest BCUT2D eigenvalue weighted by Crippen LogP contribution is -2.56. The van der Waals surface area contributed by atoms with Gasteiger partial charge in [-0.2, -0.15) is 0 Å². The lowest BCUT2D eigenvalue weighted by Gasteiger charge is -2.40. The van der Waals surface area contributed by atoms with Gasteiger partial charge in [0.2, 0.25) is 0 Å². The van der Waals surface area contributed by atoms with Crippen molar-refractivity contribution in [1.29, 1.82) is 0 Å². The first kappa shape index (κ1) is 12.0. The van der Waals surface area contributed by atoms with Crippen molar-refractivity contribution in [2.45, 2.75) is 46.7 Å². The molecule has 1 heterocycles. The van der Waals surface area contributed by atoms with Gasteiger partial charge in [0.1, 0.15) is 0 Å². The molecule has 0 aromatic rings. The molecule has 14 heavy (non-hydrogen) atoms. The van der Waals surface area contributed by atoms with Gasteiger partial charge in [-0.15, -0.1) is 0 Å². The van der Waals surface area contributed by atoms with E-state index in [9.17, 15) is 0 Å². The summed E-state index contributed by atoms with van der Waals surface area (Å²) in [5, 5.41) is 3.60. The number of piperazine rings is 1. The third-order valence-corrected chi connectivity index (χ3v) is 3.58. The molecule has 1 N–H and O–H groups in total. The maximum Gasteiger partial charge on any atom is 0.0218 e. The first-order valence-electron chi connectivity index (χ1n) is 5.99. The Morgan fingerprint density at radius 1 is 1.14 bits per heavy atom. The fourth-order valence-corrected chi connectivity index (χ4v) is 2.04. The third kappa shape index (κ3) is 2.96. The van der Waals surface area contributed by atoms with Crippen LogP contribution >= 0.6 is 0 Å². The van der Waals surface area contributed by atoms with Crippen molar-refractivity contribution in [3.63, 3.8) is 0 Å². The van der Waals surface area contributed by atoms with Gasteiger partial charge in [0.15, 0.2) is 0 Å². The second-order valence-corrected chi connectivity index (χ2v) is 5.28. The number of nitrogens with zero attached hydrogens (tertiary/aromatic N) is 1. The molecule has 0 radical (unpaired) electrons. The highest BCUT2D eigenvalue weighted by molar-refractivity contribution is 4.84. The molecule has 1 fully saturated rings. The fraction of sp³-hybridized carbons (Fsp3) is 1.00. The molecule has 0 bridgehead atoms. The van der Waals surface area contributed by atoms with Crippen molar-refractivity contribution in [2.24, 2.45) is 11.8 Å². The molecule has 1 saturated heterocycles. The maximum atomic E-state index is 3.60. The van der Waals surface area contributed by atoms with Gasteiger partial charge in [-0.05, 0) is 18.8 Å². The zero-order valence-electron chi connectivity index (χ0n) is 10.4. The monoisotopic (exact) mass is 198 g/mol. The zero-order chi connectivity index (χ0) is 10.7. The molecule has 0 spiro atoms. The lowest BCUT2D eigenvalue weighted by molar-refractivity contribution is 0.110. The van der Waals surface area contributed by atoms with Crippen LogP contribution < -0.4 is 5.32 Å². The summed E-state index contributed by atoms with van der Waals surface area (Å²) in [6.07, 6.45) is 0. The van der Waals surface area contributed by atoms with E-state index >= 15 is 0 Å². The van der Waals surface area contributed by atoms with E-state index in [0.29, 0.717) is 6.04 Å². The highest BCUT2D eigenvalue weighted by Gasteiger charge is 2.25. The van der Waals surface area contributed by atoms with Gasteiger partial charge in [0.05, 0.1) is 0 Å². The quantitative estimate of drug-likeness (QED) is 0.746. The van der Waals surface area contributed by atoms with Crippen LogP contribution in [0.1, 0.15) is 34.6 Å². The van der Waals surface area contributed by atoms with Crippen LogP contribution in [0.25, 0.3) is 0 Å². The number of hydrogen-bond donors (Lipinski definition) is 1. The van der Waals surface area contributed by atoms with Gasteiger partial charge >= 0.3 is 0 Å². The van der Waals surface area contributed by atoms with Gasteiger partial charge in [-0.25, -0.2) is 0 Å². The Labute approximate surface area is 89.1 Å². The fourth-order valence-electron chi connectivity index (χ4n) is 2.04. The second-order valence-electron chi connectivity index (χ2n) is 5.28. The van der Waals surface area contributed by atoms with Crippen LogP contribution in [0.5, 0.6) is 0 Å². The number of hydrogen-bond acceptors (Lipinski definition) is 2. The van der Waals surface area contributed by atoms with Crippen molar-refractivity contribution < 1.29 is 0 Å². The minimum atomic E-state index is 0.685. The third-order valence-electron chi connectivity index (χ3n) is 3.58. The minimum absolute atomic E-state index is 0.685. The summed E-state index contributed by atoms with van der Waals surface area (Å²) in [7, 11) is 0. The van der Waals surface area contributed by atoms with Gasteiger partial charge in [-0.3, -0.25) is 4.90 Å². The Hall–Kier alpha value is -0.0800. The van der Waals surface area contributed by atoms with Crippen LogP contribution in [0.3, 0.4) is 0 Å². The first-order chi connectivity index (χ1) is 6.52. The van der Waals surface area contributed by atoms with E-state index in [4.69, 9.17) is 0 Å². The zero-order valence-corrected chi connectivity index (χ0v) is 10.4. The summed E-state index contributed by atoms with van der Waals surface area (Å²) in [5.41, 5.74) is 0. The smallest absolute Gasteiger partial charge is 0.0218 e. The van der Waals surface area contributed by atoms with E-state index in [0.717, 1.165) is 24.4 Å². The molecule has 2 heteroatoms. The molecule has 0 saturated carbocycles. The average Bonchev–Trinajstić information content (AvgIpc) is 2.16. The van der Waals surface area contributed by atoms with E-state index in [1.807, 2.05) is 0 Å². The van der Waals surface area contributed by atoms with Crippen molar-refractivity contribution >= 4 is 0 Å². The second kappa shape index (κ2) is 5.13. The van der Waals surface area contributed by atoms with Crippen molar-refractivity contribution in [3.05, 3.63) is 0 Å². The van der Waals surface area contributed by atoms with Crippen LogP contribution in [0, 0.1) is 11.8 Å². The van der Waals surface area contributed by atoms with Crippen LogP contribution in [0.2, 0.25) is 0 Å². The normalized spacial score (nSPS) is 27.2. The van der Waals surface area contributed by atoms with E-state index in [1.54, 1.807) is 0 Å². The van der Waals surface area contributed by atoms with E-state index in [-0.39, 0.29) is 0 Å². The van der Waals surface area contributed by atoms with Crippen LogP contribution in [-0.4, -0.2) is 36.6 Å².